The smallest absolute Gasteiger partial charge is 0.241 e. The molecule has 1 saturated heterocycles. The largest absolute Gasteiger partial charge is 0.368 e. The predicted octanol–water partition coefficient (Wildman–Crippen LogP) is 2.29. The topological polar surface area (TPSA) is 101 Å². The number of carbonyl (C=O) groups excluding carboxylic acids is 2. The summed E-state index contributed by atoms with van der Waals surface area (Å²) in [4.78, 5) is 25.8. The zero-order valence-corrected chi connectivity index (χ0v) is 16.9. The molecule has 3 unspecified atom stereocenters. The van der Waals surface area contributed by atoms with Crippen LogP contribution < -0.4 is 16.8 Å². The molecule has 1 aliphatic heterocycles. The number of rotatable bonds is 7. The van der Waals surface area contributed by atoms with Crippen molar-refractivity contribution in [2.24, 2.45) is 17.4 Å². The van der Waals surface area contributed by atoms with Crippen molar-refractivity contribution in [2.75, 3.05) is 11.9 Å². The highest BCUT2D eigenvalue weighted by atomic mass is 35.5. The summed E-state index contributed by atoms with van der Waals surface area (Å²) in [6.07, 6.45) is 2.65. The highest BCUT2D eigenvalue weighted by molar-refractivity contribution is 5.94. The van der Waals surface area contributed by atoms with Crippen LogP contribution in [0.15, 0.2) is 24.3 Å². The van der Waals surface area contributed by atoms with E-state index in [1.165, 1.54) is 0 Å². The van der Waals surface area contributed by atoms with Crippen LogP contribution in [0.3, 0.4) is 0 Å². The Kier molecular flexibility index (Phi) is 10.8. The second-order valence-electron chi connectivity index (χ2n) is 6.63. The normalized spacial score (nSPS) is 19.0. The van der Waals surface area contributed by atoms with Gasteiger partial charge in [0.25, 0.3) is 0 Å². The first-order valence-electron chi connectivity index (χ1n) is 8.61. The Morgan fingerprint density at radius 3 is 2.65 bits per heavy atom. The summed E-state index contributed by atoms with van der Waals surface area (Å²) in [6, 6.07) is 6.95. The molecule has 0 aromatic heterocycles. The average Bonchev–Trinajstić information content (AvgIpc) is 3.02. The first-order chi connectivity index (χ1) is 11.4. The number of benzene rings is 1. The van der Waals surface area contributed by atoms with Crippen molar-refractivity contribution in [1.82, 2.24) is 4.90 Å². The molecule has 2 rings (SSSR count). The SMILES string of the molecule is CCC(C)C(N)C(=O)Nc1cccc(CN2CCCC2C(N)=O)c1.Cl.Cl. The second kappa shape index (κ2) is 11.4. The number of amides is 2. The third-order valence-electron chi connectivity index (χ3n) is 4.83. The van der Waals surface area contributed by atoms with Gasteiger partial charge in [0.15, 0.2) is 0 Å². The summed E-state index contributed by atoms with van der Waals surface area (Å²) in [5, 5.41) is 2.88. The Hall–Kier alpha value is -1.34. The molecule has 6 nitrogen and oxygen atoms in total. The first-order valence-corrected chi connectivity index (χ1v) is 8.61. The molecule has 0 saturated carbocycles. The highest BCUT2D eigenvalue weighted by Crippen LogP contribution is 2.21. The molecule has 1 fully saturated rings. The van der Waals surface area contributed by atoms with Crippen LogP contribution in [-0.2, 0) is 16.1 Å². The van der Waals surface area contributed by atoms with E-state index < -0.39 is 6.04 Å². The Morgan fingerprint density at radius 2 is 2.04 bits per heavy atom. The lowest BCUT2D eigenvalue weighted by molar-refractivity contribution is -0.122. The van der Waals surface area contributed by atoms with Gasteiger partial charge in [-0.2, -0.15) is 0 Å². The molecular weight excluding hydrogens is 375 g/mol. The fourth-order valence-electron chi connectivity index (χ4n) is 3.06. The number of hydrogen-bond donors (Lipinski definition) is 3. The maximum absolute atomic E-state index is 12.2. The number of hydrogen-bond acceptors (Lipinski definition) is 4. The molecule has 148 valence electrons. The average molecular weight is 405 g/mol. The lowest BCUT2D eigenvalue weighted by atomic mass is 9.99. The monoisotopic (exact) mass is 404 g/mol. The summed E-state index contributed by atoms with van der Waals surface area (Å²) in [7, 11) is 0. The van der Waals surface area contributed by atoms with E-state index in [4.69, 9.17) is 11.5 Å². The number of likely N-dealkylation sites (tertiary alicyclic amines) is 1. The minimum absolute atomic E-state index is 0. The zero-order chi connectivity index (χ0) is 17.7. The van der Waals surface area contributed by atoms with Gasteiger partial charge >= 0.3 is 0 Å². The Morgan fingerprint density at radius 1 is 1.35 bits per heavy atom. The van der Waals surface area contributed by atoms with E-state index in [1.807, 2.05) is 38.1 Å². The number of nitrogens with one attached hydrogen (secondary N) is 1. The number of halogens is 2. The van der Waals surface area contributed by atoms with Crippen LogP contribution in [0.25, 0.3) is 0 Å². The quantitative estimate of drug-likeness (QED) is 0.648. The third kappa shape index (κ3) is 6.43. The molecule has 2 amide bonds. The van der Waals surface area contributed by atoms with E-state index in [2.05, 4.69) is 10.2 Å². The fourth-order valence-corrected chi connectivity index (χ4v) is 3.06. The van der Waals surface area contributed by atoms with E-state index in [9.17, 15) is 9.59 Å². The van der Waals surface area contributed by atoms with Gasteiger partial charge in [-0.05, 0) is 43.0 Å². The van der Waals surface area contributed by atoms with Gasteiger partial charge in [-0.15, -0.1) is 24.8 Å². The summed E-state index contributed by atoms with van der Waals surface area (Å²) in [6.45, 7) is 5.50. The minimum atomic E-state index is -0.517. The van der Waals surface area contributed by atoms with Gasteiger partial charge < -0.3 is 16.8 Å². The molecule has 1 heterocycles. The summed E-state index contributed by atoms with van der Waals surface area (Å²) in [5.74, 6) is -0.303. The van der Waals surface area contributed by atoms with E-state index in [0.717, 1.165) is 37.1 Å². The Balaban J connectivity index is 0.00000312. The van der Waals surface area contributed by atoms with Crippen LogP contribution in [0.1, 0.15) is 38.7 Å². The van der Waals surface area contributed by atoms with Crippen molar-refractivity contribution >= 4 is 42.3 Å². The van der Waals surface area contributed by atoms with Crippen LogP contribution >= 0.6 is 24.8 Å². The van der Waals surface area contributed by atoms with Crippen molar-refractivity contribution in [2.45, 2.75) is 51.7 Å². The molecule has 1 aromatic carbocycles. The third-order valence-corrected chi connectivity index (χ3v) is 4.83. The predicted molar refractivity (Wildman–Crippen MR) is 110 cm³/mol. The molecule has 0 radical (unpaired) electrons. The molecule has 0 spiro atoms. The van der Waals surface area contributed by atoms with E-state index >= 15 is 0 Å². The summed E-state index contributed by atoms with van der Waals surface area (Å²) < 4.78 is 0. The number of carbonyl (C=O) groups is 2. The number of anilines is 1. The van der Waals surface area contributed by atoms with Crippen LogP contribution in [0, 0.1) is 5.92 Å². The summed E-state index contributed by atoms with van der Waals surface area (Å²) in [5.41, 5.74) is 13.2. The van der Waals surface area contributed by atoms with E-state index in [1.54, 1.807) is 0 Å². The van der Waals surface area contributed by atoms with Gasteiger partial charge in [0.2, 0.25) is 11.8 Å². The maximum Gasteiger partial charge on any atom is 0.241 e. The second-order valence-corrected chi connectivity index (χ2v) is 6.63. The van der Waals surface area contributed by atoms with Crippen molar-refractivity contribution in [3.05, 3.63) is 29.8 Å². The number of primary amides is 1. The van der Waals surface area contributed by atoms with Crippen molar-refractivity contribution in [3.8, 4) is 0 Å². The Bertz CT molecular complexity index is 600. The number of nitrogens with zero attached hydrogens (tertiary/aromatic N) is 1. The molecule has 1 aliphatic rings. The molecule has 5 N–H and O–H groups in total. The Labute approximate surface area is 167 Å². The van der Waals surface area contributed by atoms with Gasteiger partial charge in [0.1, 0.15) is 0 Å². The molecule has 0 bridgehead atoms. The molecule has 26 heavy (non-hydrogen) atoms. The summed E-state index contributed by atoms with van der Waals surface area (Å²) >= 11 is 0. The van der Waals surface area contributed by atoms with Crippen LogP contribution in [0.5, 0.6) is 0 Å². The highest BCUT2D eigenvalue weighted by Gasteiger charge is 2.28. The van der Waals surface area contributed by atoms with E-state index in [0.29, 0.717) is 6.54 Å². The number of nitrogens with two attached hydrogens (primary N) is 2. The molecule has 8 heteroatoms. The van der Waals surface area contributed by atoms with Crippen molar-refractivity contribution < 1.29 is 9.59 Å². The minimum Gasteiger partial charge on any atom is -0.368 e. The molecule has 1 aromatic rings. The first kappa shape index (κ1) is 24.7. The van der Waals surface area contributed by atoms with Crippen molar-refractivity contribution in [1.29, 1.82) is 0 Å². The van der Waals surface area contributed by atoms with Crippen LogP contribution in [0.4, 0.5) is 5.69 Å². The fraction of sp³-hybridized carbons (Fsp3) is 0.556. The molecule has 0 aliphatic carbocycles. The standard InChI is InChI=1S/C18H28N4O2.2ClH/c1-3-12(2)16(19)18(24)21-14-7-4-6-13(10-14)11-22-9-5-8-15(22)17(20)23;;/h4,6-7,10,12,15-16H,3,5,8-9,11,19H2,1-2H3,(H2,20,23)(H,21,24);2*1H. The maximum atomic E-state index is 12.2. The van der Waals surface area contributed by atoms with Gasteiger partial charge in [-0.1, -0.05) is 32.4 Å². The van der Waals surface area contributed by atoms with E-state index in [-0.39, 0.29) is 48.6 Å². The van der Waals surface area contributed by atoms with Crippen LogP contribution in [-0.4, -0.2) is 35.3 Å². The lowest BCUT2D eigenvalue weighted by Crippen LogP contribution is -2.40. The van der Waals surface area contributed by atoms with Gasteiger partial charge in [-0.25, -0.2) is 0 Å². The zero-order valence-electron chi connectivity index (χ0n) is 15.3. The van der Waals surface area contributed by atoms with Crippen molar-refractivity contribution in [3.63, 3.8) is 0 Å². The van der Waals surface area contributed by atoms with Gasteiger partial charge in [0, 0.05) is 12.2 Å². The molecular formula is C18H30Cl2N4O2. The molecule has 3 atom stereocenters. The lowest BCUT2D eigenvalue weighted by Gasteiger charge is -2.22. The van der Waals surface area contributed by atoms with Gasteiger partial charge in [-0.3, -0.25) is 14.5 Å². The van der Waals surface area contributed by atoms with Crippen LogP contribution in [0.2, 0.25) is 0 Å². The van der Waals surface area contributed by atoms with Gasteiger partial charge in [0.05, 0.1) is 12.1 Å².